The number of thiophene rings is 1. The van der Waals surface area contributed by atoms with Gasteiger partial charge in [-0.1, -0.05) is 0 Å². The molecule has 1 heterocycles. The van der Waals surface area contributed by atoms with E-state index in [9.17, 15) is 9.18 Å². The minimum absolute atomic E-state index is 0.101. The summed E-state index contributed by atoms with van der Waals surface area (Å²) in [6.07, 6.45) is 0. The van der Waals surface area contributed by atoms with Crippen molar-refractivity contribution >= 4 is 49.0 Å². The lowest BCUT2D eigenvalue weighted by atomic mass is 10.1. The molecule has 0 fully saturated rings. The van der Waals surface area contributed by atoms with E-state index in [1.807, 2.05) is 13.0 Å². The summed E-state index contributed by atoms with van der Waals surface area (Å²) in [7, 11) is 0. The summed E-state index contributed by atoms with van der Waals surface area (Å²) in [5, 5.41) is 0. The smallest absolute Gasteiger partial charge is 0.204 e. The van der Waals surface area contributed by atoms with Gasteiger partial charge < -0.3 is 0 Å². The number of hydrogen-bond donors (Lipinski definition) is 0. The van der Waals surface area contributed by atoms with Crippen molar-refractivity contribution in [2.24, 2.45) is 0 Å². The van der Waals surface area contributed by atoms with Gasteiger partial charge in [0.2, 0.25) is 5.78 Å². The maximum Gasteiger partial charge on any atom is 0.204 e. The highest BCUT2D eigenvalue weighted by Gasteiger charge is 2.16. The van der Waals surface area contributed by atoms with Gasteiger partial charge in [0, 0.05) is 10.0 Å². The van der Waals surface area contributed by atoms with Gasteiger partial charge in [-0.2, -0.15) is 0 Å². The molecule has 0 bridgehead atoms. The minimum Gasteiger partial charge on any atom is -0.288 e. The molecule has 2 rings (SSSR count). The van der Waals surface area contributed by atoms with E-state index in [4.69, 9.17) is 0 Å². The molecule has 88 valence electrons. The van der Waals surface area contributed by atoms with E-state index in [1.54, 1.807) is 0 Å². The predicted molar refractivity (Wildman–Crippen MR) is 74.3 cm³/mol. The summed E-state index contributed by atoms with van der Waals surface area (Å²) in [6, 6.07) is 5.90. The third kappa shape index (κ3) is 2.67. The maximum atomic E-state index is 12.9. The number of carbonyl (C=O) groups is 1. The summed E-state index contributed by atoms with van der Waals surface area (Å²) in [6.45, 7) is 1.93. The molecule has 5 heteroatoms. The average molecular weight is 378 g/mol. The van der Waals surface area contributed by atoms with Crippen molar-refractivity contribution in [1.82, 2.24) is 0 Å². The second-order valence-electron chi connectivity index (χ2n) is 3.52. The zero-order valence-corrected chi connectivity index (χ0v) is 12.7. The van der Waals surface area contributed by atoms with Crippen LogP contribution in [0.3, 0.4) is 0 Å². The minimum atomic E-state index is -0.364. The molecule has 17 heavy (non-hydrogen) atoms. The van der Waals surface area contributed by atoms with Gasteiger partial charge in [-0.15, -0.1) is 11.3 Å². The van der Waals surface area contributed by atoms with E-state index in [1.165, 1.54) is 29.5 Å². The molecule has 0 N–H and O–H groups in total. The van der Waals surface area contributed by atoms with Gasteiger partial charge in [0.25, 0.3) is 0 Å². The molecular formula is C12H7Br2FOS. The topological polar surface area (TPSA) is 17.1 Å². The van der Waals surface area contributed by atoms with Gasteiger partial charge in [0.05, 0.1) is 8.66 Å². The Kier molecular flexibility index (Phi) is 3.80. The third-order valence-corrected chi connectivity index (χ3v) is 5.05. The summed E-state index contributed by atoms with van der Waals surface area (Å²) in [5.41, 5.74) is 1.50. The van der Waals surface area contributed by atoms with Crippen LogP contribution in [-0.4, -0.2) is 5.78 Å². The SMILES string of the molecule is Cc1cc(C(=O)c2ccc(F)cc2Br)sc1Br. The van der Waals surface area contributed by atoms with Crippen LogP contribution in [0.2, 0.25) is 0 Å². The molecule has 0 amide bonds. The number of halogens is 3. The molecule has 0 atom stereocenters. The molecule has 0 saturated carbocycles. The van der Waals surface area contributed by atoms with Crippen LogP contribution in [0.25, 0.3) is 0 Å². The van der Waals surface area contributed by atoms with E-state index >= 15 is 0 Å². The van der Waals surface area contributed by atoms with Crippen LogP contribution in [-0.2, 0) is 0 Å². The van der Waals surface area contributed by atoms with Crippen LogP contribution < -0.4 is 0 Å². The van der Waals surface area contributed by atoms with Crippen molar-refractivity contribution in [3.8, 4) is 0 Å². The van der Waals surface area contributed by atoms with Crippen molar-refractivity contribution in [2.75, 3.05) is 0 Å². The van der Waals surface area contributed by atoms with Crippen molar-refractivity contribution in [1.29, 1.82) is 0 Å². The molecule has 0 unspecified atom stereocenters. The lowest BCUT2D eigenvalue weighted by Gasteiger charge is -2.01. The molecule has 2 aromatic rings. The van der Waals surface area contributed by atoms with Crippen molar-refractivity contribution < 1.29 is 9.18 Å². The van der Waals surface area contributed by atoms with Crippen molar-refractivity contribution in [3.63, 3.8) is 0 Å². The highest BCUT2D eigenvalue weighted by atomic mass is 79.9. The van der Waals surface area contributed by atoms with Crippen LogP contribution in [0, 0.1) is 12.7 Å². The molecule has 1 aromatic heterocycles. The quantitative estimate of drug-likeness (QED) is 0.676. The highest BCUT2D eigenvalue weighted by molar-refractivity contribution is 9.11. The summed E-state index contributed by atoms with van der Waals surface area (Å²) < 4.78 is 14.4. The number of benzene rings is 1. The van der Waals surface area contributed by atoms with E-state index in [-0.39, 0.29) is 11.6 Å². The Balaban J connectivity index is 2.43. The molecule has 0 aliphatic heterocycles. The Morgan fingerprint density at radius 3 is 2.53 bits per heavy atom. The standard InChI is InChI=1S/C12H7Br2FOS/c1-6-4-10(17-12(6)14)11(16)8-3-2-7(15)5-9(8)13/h2-5H,1H3. The molecule has 0 aliphatic carbocycles. The molecule has 1 nitrogen and oxygen atoms in total. The first kappa shape index (κ1) is 12.9. The Morgan fingerprint density at radius 2 is 2.00 bits per heavy atom. The number of ketones is 1. The van der Waals surface area contributed by atoms with Crippen molar-refractivity contribution in [2.45, 2.75) is 6.92 Å². The zero-order chi connectivity index (χ0) is 12.6. The Labute approximate surface area is 119 Å². The van der Waals surface area contributed by atoms with Gasteiger partial charge in [-0.3, -0.25) is 4.79 Å². The van der Waals surface area contributed by atoms with Crippen LogP contribution in [0.5, 0.6) is 0 Å². The molecule has 0 aliphatic rings. The number of rotatable bonds is 2. The average Bonchev–Trinajstić information content (AvgIpc) is 2.58. The first-order valence-electron chi connectivity index (χ1n) is 4.74. The van der Waals surface area contributed by atoms with Crippen LogP contribution in [0.1, 0.15) is 20.8 Å². The third-order valence-electron chi connectivity index (χ3n) is 2.26. The fourth-order valence-electron chi connectivity index (χ4n) is 1.38. The molecule has 0 radical (unpaired) electrons. The van der Waals surface area contributed by atoms with Gasteiger partial charge >= 0.3 is 0 Å². The van der Waals surface area contributed by atoms with E-state index in [0.717, 1.165) is 9.35 Å². The van der Waals surface area contributed by atoms with Gasteiger partial charge in [-0.25, -0.2) is 4.39 Å². The Bertz CT molecular complexity index is 573. The second-order valence-corrected chi connectivity index (χ2v) is 6.75. The predicted octanol–water partition coefficient (Wildman–Crippen LogP) is 4.95. The normalized spacial score (nSPS) is 10.6. The van der Waals surface area contributed by atoms with Crippen LogP contribution in [0.15, 0.2) is 32.5 Å². The monoisotopic (exact) mass is 376 g/mol. The molecule has 0 saturated heterocycles. The maximum absolute atomic E-state index is 12.9. The largest absolute Gasteiger partial charge is 0.288 e. The zero-order valence-electron chi connectivity index (χ0n) is 8.76. The fraction of sp³-hybridized carbons (Fsp3) is 0.0833. The number of carbonyl (C=O) groups excluding carboxylic acids is 1. The van der Waals surface area contributed by atoms with Crippen molar-refractivity contribution in [3.05, 3.63) is 54.3 Å². The van der Waals surface area contributed by atoms with Gasteiger partial charge in [-0.05, 0) is 68.6 Å². The van der Waals surface area contributed by atoms with E-state index in [0.29, 0.717) is 14.9 Å². The second kappa shape index (κ2) is 5.00. The molecular weight excluding hydrogens is 371 g/mol. The Morgan fingerprint density at radius 1 is 1.29 bits per heavy atom. The lowest BCUT2D eigenvalue weighted by Crippen LogP contribution is -2.00. The first-order valence-corrected chi connectivity index (χ1v) is 7.15. The summed E-state index contributed by atoms with van der Waals surface area (Å²) >= 11 is 7.97. The number of aryl methyl sites for hydroxylation is 1. The van der Waals surface area contributed by atoms with E-state index < -0.39 is 0 Å². The Hall–Kier alpha value is -0.520. The fourth-order valence-corrected chi connectivity index (χ4v) is 3.40. The summed E-state index contributed by atoms with van der Waals surface area (Å²) in [4.78, 5) is 12.8. The van der Waals surface area contributed by atoms with Gasteiger partial charge in [0.15, 0.2) is 0 Å². The molecule has 1 aromatic carbocycles. The van der Waals surface area contributed by atoms with E-state index in [2.05, 4.69) is 31.9 Å². The summed E-state index contributed by atoms with van der Waals surface area (Å²) in [5.74, 6) is -0.465. The van der Waals surface area contributed by atoms with Crippen LogP contribution in [0.4, 0.5) is 4.39 Å². The molecule has 0 spiro atoms. The lowest BCUT2D eigenvalue weighted by molar-refractivity contribution is 0.104. The number of hydrogen-bond acceptors (Lipinski definition) is 2. The van der Waals surface area contributed by atoms with Crippen LogP contribution >= 0.6 is 43.2 Å². The highest BCUT2D eigenvalue weighted by Crippen LogP contribution is 2.30. The van der Waals surface area contributed by atoms with Gasteiger partial charge in [0.1, 0.15) is 5.82 Å². The first-order chi connectivity index (χ1) is 7.99.